The molecule has 3 aromatic carbocycles. The molecular formula is C30H37N5O. The fourth-order valence-corrected chi connectivity index (χ4v) is 4.94. The van der Waals surface area contributed by atoms with Crippen molar-refractivity contribution in [2.45, 2.75) is 31.7 Å². The maximum absolute atomic E-state index is 12.7. The summed E-state index contributed by atoms with van der Waals surface area (Å²) in [5.41, 5.74) is 3.93. The van der Waals surface area contributed by atoms with Gasteiger partial charge in [0.05, 0.1) is 5.52 Å². The third-order valence-electron chi connectivity index (χ3n) is 6.99. The number of nitrogens with zero attached hydrogens (tertiary/aromatic N) is 3. The second kappa shape index (κ2) is 10.8. The number of fused-ring (bicyclic) bond motifs is 1. The number of aromatic nitrogens is 2. The third-order valence-corrected chi connectivity index (χ3v) is 6.99. The molecule has 4 aromatic rings. The quantitative estimate of drug-likeness (QED) is 0.325. The zero-order valence-corrected chi connectivity index (χ0v) is 20.9. The van der Waals surface area contributed by atoms with E-state index in [1.807, 2.05) is 79.7 Å². The molecule has 36 heavy (non-hydrogen) atoms. The van der Waals surface area contributed by atoms with Crippen molar-refractivity contribution < 1.29 is 7.65 Å². The van der Waals surface area contributed by atoms with Crippen LogP contribution in [-0.4, -0.2) is 42.6 Å². The molecule has 0 saturated heterocycles. The van der Waals surface area contributed by atoms with Gasteiger partial charge in [-0.15, -0.1) is 0 Å². The molecule has 2 N–H and O–H groups in total. The lowest BCUT2D eigenvalue weighted by Gasteiger charge is -2.29. The molecule has 1 fully saturated rings. The number of nitrogens with one attached hydrogen (secondary N) is 2. The van der Waals surface area contributed by atoms with Crippen LogP contribution in [0.2, 0.25) is 0 Å². The number of carbonyl (C=O) groups excluding carboxylic acids is 1. The Hall–Kier alpha value is -3.93. The molecule has 6 nitrogen and oxygen atoms in total. The summed E-state index contributed by atoms with van der Waals surface area (Å²) in [6.07, 6.45) is 4.22. The van der Waals surface area contributed by atoms with Crippen molar-refractivity contribution in [2.75, 3.05) is 30.9 Å². The van der Waals surface area contributed by atoms with Crippen LogP contribution in [0.1, 0.15) is 38.9 Å². The van der Waals surface area contributed by atoms with E-state index in [0.717, 1.165) is 53.5 Å². The first kappa shape index (κ1) is 23.8. The van der Waals surface area contributed by atoms with Gasteiger partial charge in [0, 0.05) is 40.5 Å². The van der Waals surface area contributed by atoms with E-state index in [2.05, 4.69) is 28.8 Å². The Morgan fingerprint density at radius 2 is 1.53 bits per heavy atom. The summed E-state index contributed by atoms with van der Waals surface area (Å²) in [4.78, 5) is 24.2. The Labute approximate surface area is 215 Å². The Kier molecular flexibility index (Phi) is 7.12. The van der Waals surface area contributed by atoms with Crippen molar-refractivity contribution in [1.82, 2.24) is 15.3 Å². The molecule has 0 aliphatic heterocycles. The van der Waals surface area contributed by atoms with Gasteiger partial charge >= 0.3 is 0 Å². The zero-order valence-electron chi connectivity index (χ0n) is 20.9. The van der Waals surface area contributed by atoms with Crippen molar-refractivity contribution in [3.63, 3.8) is 0 Å². The molecule has 0 unspecified atom stereocenters. The minimum absolute atomic E-state index is 0. The van der Waals surface area contributed by atoms with E-state index in [1.165, 1.54) is 0 Å². The average molecular weight is 484 g/mol. The van der Waals surface area contributed by atoms with Crippen LogP contribution < -0.4 is 15.5 Å². The fourth-order valence-electron chi connectivity index (χ4n) is 4.94. The lowest BCUT2D eigenvalue weighted by molar-refractivity contribution is 0.0943. The Morgan fingerprint density at radius 1 is 0.861 bits per heavy atom. The van der Waals surface area contributed by atoms with Crippen LogP contribution in [0.3, 0.4) is 0 Å². The maximum atomic E-state index is 12.7. The van der Waals surface area contributed by atoms with E-state index in [1.54, 1.807) is 0 Å². The highest BCUT2D eigenvalue weighted by molar-refractivity contribution is 5.94. The van der Waals surface area contributed by atoms with Gasteiger partial charge in [0.2, 0.25) is 5.95 Å². The smallest absolute Gasteiger partial charge is 0.251 e. The van der Waals surface area contributed by atoms with E-state index in [4.69, 9.17) is 9.97 Å². The van der Waals surface area contributed by atoms with Gasteiger partial charge in [0.1, 0.15) is 5.82 Å². The van der Waals surface area contributed by atoms with E-state index >= 15 is 0 Å². The second-order valence-corrected chi connectivity index (χ2v) is 9.80. The summed E-state index contributed by atoms with van der Waals surface area (Å²) >= 11 is 0. The number of amides is 1. The summed E-state index contributed by atoms with van der Waals surface area (Å²) < 4.78 is 0. The van der Waals surface area contributed by atoms with E-state index in [9.17, 15) is 4.79 Å². The molecule has 0 radical (unpaired) electrons. The van der Waals surface area contributed by atoms with E-state index < -0.39 is 0 Å². The summed E-state index contributed by atoms with van der Waals surface area (Å²) in [7, 11) is 4.02. The summed E-state index contributed by atoms with van der Waals surface area (Å²) in [6, 6.07) is 26.5. The summed E-state index contributed by atoms with van der Waals surface area (Å²) in [6.45, 7) is 0.712. The van der Waals surface area contributed by atoms with E-state index in [-0.39, 0.29) is 8.76 Å². The standard InChI is InChI=1S/C30H33N5O.2H2/c1-35(2)28-26-10-6-7-11-27(26)33-30(34-28)32-25-18-12-21(13-19-25)20-31-29(36)24-16-14-23(15-17-24)22-8-4-3-5-9-22;;/h3-11,14-17,21,25H,12-13,18-20H2,1-2H3,(H,31,36)(H,32,33,34);2*1H. The van der Waals surface area contributed by atoms with Gasteiger partial charge in [-0.1, -0.05) is 54.6 Å². The van der Waals surface area contributed by atoms with Crippen molar-refractivity contribution in [3.05, 3.63) is 84.4 Å². The Balaban J connectivity index is 0.00000200. The van der Waals surface area contributed by atoms with Crippen molar-refractivity contribution in [2.24, 2.45) is 5.92 Å². The van der Waals surface area contributed by atoms with Gasteiger partial charge in [-0.05, 0) is 67.0 Å². The number of hydrogen-bond donors (Lipinski definition) is 2. The van der Waals surface area contributed by atoms with Crippen LogP contribution in [0.15, 0.2) is 78.9 Å². The molecule has 188 valence electrons. The average Bonchev–Trinajstić information content (AvgIpc) is 2.92. The summed E-state index contributed by atoms with van der Waals surface area (Å²) in [5, 5.41) is 7.76. The fraction of sp³-hybridized carbons (Fsp3) is 0.300. The number of carbonyl (C=O) groups is 1. The molecule has 1 aliphatic rings. The molecule has 0 bridgehead atoms. The van der Waals surface area contributed by atoms with Crippen molar-refractivity contribution in [3.8, 4) is 11.1 Å². The van der Waals surface area contributed by atoms with Crippen molar-refractivity contribution >= 4 is 28.6 Å². The molecule has 1 amide bonds. The molecule has 0 atom stereocenters. The third kappa shape index (κ3) is 5.48. The van der Waals surface area contributed by atoms with Gasteiger partial charge in [0.25, 0.3) is 5.91 Å². The molecule has 1 saturated carbocycles. The first-order valence-corrected chi connectivity index (χ1v) is 12.7. The molecule has 1 aliphatic carbocycles. The summed E-state index contributed by atoms with van der Waals surface area (Å²) in [5.74, 6) is 2.10. The highest BCUT2D eigenvalue weighted by Crippen LogP contribution is 2.28. The van der Waals surface area contributed by atoms with Crippen LogP contribution in [0.25, 0.3) is 22.0 Å². The SMILES string of the molecule is CN(C)c1nc(NC2CCC(CNC(=O)c3ccc(-c4ccccc4)cc3)CC2)nc2ccccc12.[HH].[HH]. The topological polar surface area (TPSA) is 70.2 Å². The van der Waals surface area contributed by atoms with Crippen LogP contribution in [0.4, 0.5) is 11.8 Å². The highest BCUT2D eigenvalue weighted by Gasteiger charge is 2.23. The second-order valence-electron chi connectivity index (χ2n) is 9.80. The van der Waals surface area contributed by atoms with Gasteiger partial charge in [-0.2, -0.15) is 4.98 Å². The number of anilines is 2. The van der Waals surface area contributed by atoms with Crippen LogP contribution >= 0.6 is 0 Å². The van der Waals surface area contributed by atoms with Crippen LogP contribution in [0, 0.1) is 5.92 Å². The molecule has 1 aromatic heterocycles. The number of benzene rings is 3. The highest BCUT2D eigenvalue weighted by atomic mass is 16.1. The van der Waals surface area contributed by atoms with E-state index in [0.29, 0.717) is 30.0 Å². The predicted molar refractivity (Wildman–Crippen MR) is 152 cm³/mol. The Bertz CT molecular complexity index is 1320. The minimum Gasteiger partial charge on any atom is -0.362 e. The van der Waals surface area contributed by atoms with Crippen molar-refractivity contribution in [1.29, 1.82) is 0 Å². The first-order valence-electron chi connectivity index (χ1n) is 12.7. The van der Waals surface area contributed by atoms with Crippen LogP contribution in [-0.2, 0) is 0 Å². The normalized spacial score (nSPS) is 17.5. The van der Waals surface area contributed by atoms with Gasteiger partial charge in [-0.3, -0.25) is 4.79 Å². The number of hydrogen-bond acceptors (Lipinski definition) is 5. The first-order chi connectivity index (χ1) is 17.6. The van der Waals surface area contributed by atoms with Crippen LogP contribution in [0.5, 0.6) is 0 Å². The Morgan fingerprint density at radius 3 is 2.25 bits per heavy atom. The molecule has 1 heterocycles. The van der Waals surface area contributed by atoms with Gasteiger partial charge < -0.3 is 15.5 Å². The molecule has 6 heteroatoms. The number of rotatable bonds is 7. The lowest BCUT2D eigenvalue weighted by atomic mass is 9.86. The molecule has 5 rings (SSSR count). The molecule has 0 spiro atoms. The predicted octanol–water partition coefficient (Wildman–Crippen LogP) is 6.26. The zero-order chi connectivity index (χ0) is 24.9. The number of para-hydroxylation sites is 1. The lowest BCUT2D eigenvalue weighted by Crippen LogP contribution is -2.34. The molecular weight excluding hydrogens is 446 g/mol. The largest absolute Gasteiger partial charge is 0.362 e. The van der Waals surface area contributed by atoms with Gasteiger partial charge in [-0.25, -0.2) is 4.98 Å². The minimum atomic E-state index is -0.00404. The van der Waals surface area contributed by atoms with Gasteiger partial charge in [0.15, 0.2) is 0 Å². The maximum Gasteiger partial charge on any atom is 0.251 e. The monoisotopic (exact) mass is 483 g/mol.